The van der Waals surface area contributed by atoms with Crippen LogP contribution >= 0.6 is 0 Å². The summed E-state index contributed by atoms with van der Waals surface area (Å²) in [4.78, 5) is 13.0. The summed E-state index contributed by atoms with van der Waals surface area (Å²) >= 11 is 0. The van der Waals surface area contributed by atoms with Gasteiger partial charge in [-0.15, -0.1) is 0 Å². The van der Waals surface area contributed by atoms with Crippen molar-refractivity contribution in [3.8, 4) is 0 Å². The summed E-state index contributed by atoms with van der Waals surface area (Å²) in [6.07, 6.45) is 5.72. The van der Waals surface area contributed by atoms with Gasteiger partial charge in [0.25, 0.3) is 0 Å². The molecule has 0 saturated carbocycles. The number of nitrogens with zero attached hydrogens (tertiary/aromatic N) is 1. The molecule has 1 radical (unpaired) electrons. The Balaban J connectivity index is 2.82. The molecular formula is C7H12NO. The third kappa shape index (κ3) is 7.38. The van der Waals surface area contributed by atoms with Crippen molar-refractivity contribution in [1.82, 2.24) is 0 Å². The molecule has 9 heavy (non-hydrogen) atoms. The predicted molar refractivity (Wildman–Crippen MR) is 36.8 cm³/mol. The van der Waals surface area contributed by atoms with E-state index in [9.17, 15) is 4.79 Å². The smallest absolute Gasteiger partial charge is 0.211 e. The molecule has 0 heterocycles. The van der Waals surface area contributed by atoms with Gasteiger partial charge in [-0.1, -0.05) is 26.2 Å². The zero-order valence-electron chi connectivity index (χ0n) is 5.60. The molecule has 0 bridgehead atoms. The fourth-order valence-corrected chi connectivity index (χ4v) is 0.590. The van der Waals surface area contributed by atoms with Gasteiger partial charge >= 0.3 is 0 Å². The first kappa shape index (κ1) is 8.38. The maximum atomic E-state index is 9.53. The van der Waals surface area contributed by atoms with Crippen molar-refractivity contribution in [2.45, 2.75) is 25.7 Å². The Bertz CT molecular complexity index is 95.1. The molecule has 0 spiro atoms. The summed E-state index contributed by atoms with van der Waals surface area (Å²) in [5.41, 5.74) is 0. The molecule has 0 aromatic carbocycles. The Labute approximate surface area is 56.0 Å². The van der Waals surface area contributed by atoms with Gasteiger partial charge < -0.3 is 0 Å². The summed E-state index contributed by atoms with van der Waals surface area (Å²) in [5.74, 6) is 0. The zero-order valence-corrected chi connectivity index (χ0v) is 5.60. The van der Waals surface area contributed by atoms with Crippen LogP contribution in [0.15, 0.2) is 4.99 Å². The second-order valence-electron chi connectivity index (χ2n) is 1.89. The lowest BCUT2D eigenvalue weighted by Gasteiger charge is -1.90. The molecule has 0 rings (SSSR count). The van der Waals surface area contributed by atoms with Crippen LogP contribution in [0.4, 0.5) is 0 Å². The van der Waals surface area contributed by atoms with E-state index in [2.05, 4.69) is 11.9 Å². The number of hydrogen-bond acceptors (Lipinski definition) is 2. The Kier molecular flexibility index (Phi) is 6.87. The second kappa shape index (κ2) is 7.38. The van der Waals surface area contributed by atoms with Crippen LogP contribution in [0.1, 0.15) is 25.7 Å². The molecule has 0 aliphatic carbocycles. The number of isocyanates is 1. The van der Waals surface area contributed by atoms with Gasteiger partial charge in [-0.25, -0.2) is 9.79 Å². The van der Waals surface area contributed by atoms with Crippen LogP contribution in [0, 0.1) is 6.92 Å². The average molecular weight is 126 g/mol. The van der Waals surface area contributed by atoms with Crippen molar-refractivity contribution >= 4 is 6.08 Å². The van der Waals surface area contributed by atoms with Crippen LogP contribution in [0.25, 0.3) is 0 Å². The second-order valence-corrected chi connectivity index (χ2v) is 1.89. The average Bonchev–Trinajstić information content (AvgIpc) is 1.89. The van der Waals surface area contributed by atoms with Gasteiger partial charge in [-0.2, -0.15) is 0 Å². The largest absolute Gasteiger partial charge is 0.234 e. The third-order valence-corrected chi connectivity index (χ3v) is 1.08. The standard InChI is InChI=1S/C7H12NO/c1-2-3-4-5-6-8-7-9/h1-6H2. The number of carbonyl (C=O) groups excluding carboxylic acids is 1. The van der Waals surface area contributed by atoms with E-state index in [1.807, 2.05) is 0 Å². The maximum absolute atomic E-state index is 9.53. The number of rotatable bonds is 5. The summed E-state index contributed by atoms with van der Waals surface area (Å²) in [6.45, 7) is 4.32. The molecule has 0 N–H and O–H groups in total. The normalized spacial score (nSPS) is 8.56. The minimum atomic E-state index is 0.628. The van der Waals surface area contributed by atoms with Crippen molar-refractivity contribution in [2.24, 2.45) is 4.99 Å². The van der Waals surface area contributed by atoms with Crippen molar-refractivity contribution in [2.75, 3.05) is 6.54 Å². The molecule has 0 aliphatic rings. The van der Waals surface area contributed by atoms with Crippen LogP contribution in [-0.4, -0.2) is 12.6 Å². The molecule has 2 heteroatoms. The zero-order chi connectivity index (χ0) is 6.95. The molecular weight excluding hydrogens is 114 g/mol. The SMILES string of the molecule is [CH2]CCCCCN=C=O. The van der Waals surface area contributed by atoms with Gasteiger partial charge in [0.2, 0.25) is 6.08 Å². The van der Waals surface area contributed by atoms with E-state index in [1.165, 1.54) is 6.08 Å². The maximum Gasteiger partial charge on any atom is 0.234 e. The molecule has 0 saturated heterocycles. The highest BCUT2D eigenvalue weighted by molar-refractivity contribution is 5.32. The molecule has 51 valence electrons. The quantitative estimate of drug-likeness (QED) is 0.313. The highest BCUT2D eigenvalue weighted by atomic mass is 16.1. The van der Waals surface area contributed by atoms with Gasteiger partial charge in [0.1, 0.15) is 0 Å². The van der Waals surface area contributed by atoms with Crippen molar-refractivity contribution in [3.63, 3.8) is 0 Å². The van der Waals surface area contributed by atoms with Gasteiger partial charge in [0.15, 0.2) is 0 Å². The van der Waals surface area contributed by atoms with Gasteiger partial charge in [0, 0.05) is 0 Å². The molecule has 0 fully saturated rings. The van der Waals surface area contributed by atoms with E-state index in [0.29, 0.717) is 6.54 Å². The number of unbranched alkanes of at least 4 members (excludes halogenated alkanes) is 3. The number of aliphatic imine (C=N–C) groups is 1. The molecule has 2 nitrogen and oxygen atoms in total. The van der Waals surface area contributed by atoms with Gasteiger partial charge in [0.05, 0.1) is 6.54 Å². The fraction of sp³-hybridized carbons (Fsp3) is 0.714. The summed E-state index contributed by atoms with van der Waals surface area (Å²) in [6, 6.07) is 0. The van der Waals surface area contributed by atoms with Crippen LogP contribution in [0.2, 0.25) is 0 Å². The topological polar surface area (TPSA) is 29.4 Å². The summed E-state index contributed by atoms with van der Waals surface area (Å²) in [5, 5.41) is 0. The van der Waals surface area contributed by atoms with Crippen molar-refractivity contribution in [3.05, 3.63) is 6.92 Å². The van der Waals surface area contributed by atoms with Crippen molar-refractivity contribution < 1.29 is 4.79 Å². The fourth-order valence-electron chi connectivity index (χ4n) is 0.590. The lowest BCUT2D eigenvalue weighted by Crippen LogP contribution is -1.79. The first-order valence-electron chi connectivity index (χ1n) is 3.24. The highest BCUT2D eigenvalue weighted by Gasteiger charge is 1.83. The molecule has 0 aromatic heterocycles. The predicted octanol–water partition coefficient (Wildman–Crippen LogP) is 1.72. The van der Waals surface area contributed by atoms with E-state index in [0.717, 1.165) is 25.7 Å². The van der Waals surface area contributed by atoms with Crippen LogP contribution in [0.3, 0.4) is 0 Å². The lowest BCUT2D eigenvalue weighted by molar-refractivity contribution is 0.561. The lowest BCUT2D eigenvalue weighted by atomic mass is 10.2. The Morgan fingerprint density at radius 2 is 2.11 bits per heavy atom. The van der Waals surface area contributed by atoms with E-state index in [-0.39, 0.29) is 0 Å². The van der Waals surface area contributed by atoms with E-state index in [4.69, 9.17) is 0 Å². The summed E-state index contributed by atoms with van der Waals surface area (Å²) in [7, 11) is 0. The van der Waals surface area contributed by atoms with E-state index >= 15 is 0 Å². The molecule has 0 amide bonds. The van der Waals surface area contributed by atoms with E-state index in [1.54, 1.807) is 0 Å². The first-order valence-corrected chi connectivity index (χ1v) is 3.24. The molecule has 0 aromatic rings. The Hall–Kier alpha value is -0.620. The van der Waals surface area contributed by atoms with Gasteiger partial charge in [-0.05, 0) is 6.42 Å². The molecule has 0 aliphatic heterocycles. The van der Waals surface area contributed by atoms with Crippen LogP contribution in [-0.2, 0) is 4.79 Å². The summed E-state index contributed by atoms with van der Waals surface area (Å²) < 4.78 is 0. The highest BCUT2D eigenvalue weighted by Crippen LogP contribution is 1.97. The number of hydrogen-bond donors (Lipinski definition) is 0. The third-order valence-electron chi connectivity index (χ3n) is 1.08. The van der Waals surface area contributed by atoms with Gasteiger partial charge in [-0.3, -0.25) is 0 Å². The Morgan fingerprint density at radius 3 is 2.67 bits per heavy atom. The monoisotopic (exact) mass is 126 g/mol. The first-order chi connectivity index (χ1) is 4.41. The van der Waals surface area contributed by atoms with Crippen LogP contribution < -0.4 is 0 Å². The minimum Gasteiger partial charge on any atom is -0.211 e. The Morgan fingerprint density at radius 1 is 1.33 bits per heavy atom. The minimum absolute atomic E-state index is 0.628. The van der Waals surface area contributed by atoms with Crippen molar-refractivity contribution in [1.29, 1.82) is 0 Å². The molecule has 0 atom stereocenters. The van der Waals surface area contributed by atoms with E-state index < -0.39 is 0 Å². The van der Waals surface area contributed by atoms with Crippen LogP contribution in [0.5, 0.6) is 0 Å². The molecule has 0 unspecified atom stereocenters.